The van der Waals surface area contributed by atoms with Crippen LogP contribution in [0.3, 0.4) is 0 Å². The topological polar surface area (TPSA) is 46.3 Å². The summed E-state index contributed by atoms with van der Waals surface area (Å²) < 4.78 is 0. The number of hydrogen-bond acceptors (Lipinski definition) is 4. The molecule has 2 N–H and O–H groups in total. The fraction of sp³-hybridized carbons (Fsp3) is 0.444. The number of Topliss-reactive ketones (excluding diaryl/α,β-unsaturated/α-hetero) is 1. The number of likely N-dealkylation sites (N-methyl/N-ethyl adjacent to an activating group) is 1. The van der Waals surface area contributed by atoms with Gasteiger partial charge in [0.1, 0.15) is 0 Å². The number of hydrogen-bond donors (Lipinski definition) is 1. The Morgan fingerprint density at radius 1 is 1.46 bits per heavy atom. The molecule has 70 valence electrons. The van der Waals surface area contributed by atoms with Crippen molar-refractivity contribution in [1.82, 2.24) is 4.90 Å². The Bertz CT molecular complexity index is 370. The Balaban J connectivity index is 2.55. The van der Waals surface area contributed by atoms with Crippen molar-refractivity contribution in [3.8, 4) is 0 Å². The lowest BCUT2D eigenvalue weighted by Gasteiger charge is -2.21. The fourth-order valence-electron chi connectivity index (χ4n) is 1.69. The quantitative estimate of drug-likeness (QED) is 0.679. The SMILES string of the molecule is Cc1c(N)sc2c1C(=O)CN(C)C2. The third-order valence-electron chi connectivity index (χ3n) is 2.36. The van der Waals surface area contributed by atoms with E-state index in [-0.39, 0.29) is 5.78 Å². The number of rotatable bonds is 0. The van der Waals surface area contributed by atoms with Gasteiger partial charge in [-0.15, -0.1) is 11.3 Å². The number of fused-ring (bicyclic) bond motifs is 1. The highest BCUT2D eigenvalue weighted by Crippen LogP contribution is 2.33. The molecule has 0 fully saturated rings. The van der Waals surface area contributed by atoms with Gasteiger partial charge in [0.25, 0.3) is 0 Å². The van der Waals surface area contributed by atoms with Crippen molar-refractivity contribution >= 4 is 22.1 Å². The summed E-state index contributed by atoms with van der Waals surface area (Å²) in [4.78, 5) is 14.8. The summed E-state index contributed by atoms with van der Waals surface area (Å²) in [5.41, 5.74) is 7.62. The predicted molar refractivity (Wildman–Crippen MR) is 54.1 cm³/mol. The standard InChI is InChI=1S/C9H12N2OS/c1-5-8-6(12)3-11(2)4-7(8)13-9(5)10/h3-4,10H2,1-2H3. The Morgan fingerprint density at radius 2 is 2.15 bits per heavy atom. The van der Waals surface area contributed by atoms with Crippen LogP contribution in [0.1, 0.15) is 20.8 Å². The normalized spacial score (nSPS) is 17.5. The highest BCUT2D eigenvalue weighted by molar-refractivity contribution is 7.16. The number of carbonyl (C=O) groups is 1. The molecule has 1 aromatic rings. The number of nitrogens with zero attached hydrogens (tertiary/aromatic N) is 1. The van der Waals surface area contributed by atoms with Crippen LogP contribution in [0.15, 0.2) is 0 Å². The van der Waals surface area contributed by atoms with E-state index in [1.54, 1.807) is 0 Å². The van der Waals surface area contributed by atoms with Gasteiger partial charge in [-0.05, 0) is 19.5 Å². The maximum Gasteiger partial charge on any atom is 0.178 e. The number of thiophene rings is 1. The maximum absolute atomic E-state index is 11.6. The van der Waals surface area contributed by atoms with Gasteiger partial charge in [0.2, 0.25) is 0 Å². The molecular weight excluding hydrogens is 184 g/mol. The van der Waals surface area contributed by atoms with E-state index >= 15 is 0 Å². The molecule has 0 spiro atoms. The average Bonchev–Trinajstić information content (AvgIpc) is 2.27. The molecule has 1 aliphatic rings. The average molecular weight is 196 g/mol. The van der Waals surface area contributed by atoms with Gasteiger partial charge in [0, 0.05) is 17.0 Å². The van der Waals surface area contributed by atoms with E-state index < -0.39 is 0 Å². The van der Waals surface area contributed by atoms with Crippen LogP contribution in [0, 0.1) is 6.92 Å². The smallest absolute Gasteiger partial charge is 0.178 e. The lowest BCUT2D eigenvalue weighted by molar-refractivity contribution is 0.0924. The van der Waals surface area contributed by atoms with Crippen LogP contribution in [0.4, 0.5) is 5.00 Å². The van der Waals surface area contributed by atoms with Crippen LogP contribution < -0.4 is 5.73 Å². The number of anilines is 1. The van der Waals surface area contributed by atoms with E-state index in [4.69, 9.17) is 5.73 Å². The van der Waals surface area contributed by atoms with Gasteiger partial charge >= 0.3 is 0 Å². The summed E-state index contributed by atoms with van der Waals surface area (Å²) in [6, 6.07) is 0. The number of nitrogens with two attached hydrogens (primary N) is 1. The van der Waals surface area contributed by atoms with Crippen molar-refractivity contribution < 1.29 is 4.79 Å². The van der Waals surface area contributed by atoms with E-state index in [9.17, 15) is 4.79 Å². The molecule has 0 aliphatic carbocycles. The predicted octanol–water partition coefficient (Wildman–Crippen LogP) is 1.27. The number of carbonyl (C=O) groups excluding carboxylic acids is 1. The van der Waals surface area contributed by atoms with Crippen molar-refractivity contribution in [2.75, 3.05) is 19.3 Å². The minimum atomic E-state index is 0.203. The zero-order valence-corrected chi connectivity index (χ0v) is 8.57. The first kappa shape index (κ1) is 8.72. The van der Waals surface area contributed by atoms with E-state index in [0.717, 1.165) is 27.5 Å². The number of nitrogen functional groups attached to an aromatic ring is 1. The third-order valence-corrected chi connectivity index (χ3v) is 3.47. The minimum absolute atomic E-state index is 0.203. The summed E-state index contributed by atoms with van der Waals surface area (Å²) in [6.45, 7) is 3.29. The van der Waals surface area contributed by atoms with E-state index in [1.165, 1.54) is 11.3 Å². The second kappa shape index (κ2) is 2.82. The Kier molecular flexibility index (Phi) is 1.89. The van der Waals surface area contributed by atoms with Gasteiger partial charge in [-0.3, -0.25) is 9.69 Å². The highest BCUT2D eigenvalue weighted by Gasteiger charge is 2.25. The Hall–Kier alpha value is -0.870. The van der Waals surface area contributed by atoms with Crippen LogP contribution >= 0.6 is 11.3 Å². The molecular formula is C9H12N2OS. The molecule has 2 heterocycles. The van der Waals surface area contributed by atoms with Crippen LogP contribution in [0.25, 0.3) is 0 Å². The van der Waals surface area contributed by atoms with Crippen molar-refractivity contribution in [2.45, 2.75) is 13.5 Å². The summed E-state index contributed by atoms with van der Waals surface area (Å²) in [5.74, 6) is 0.203. The molecule has 0 radical (unpaired) electrons. The number of ketones is 1. The van der Waals surface area contributed by atoms with Gasteiger partial charge in [-0.25, -0.2) is 0 Å². The van der Waals surface area contributed by atoms with Gasteiger partial charge in [-0.1, -0.05) is 0 Å². The molecule has 2 rings (SSSR count). The summed E-state index contributed by atoms with van der Waals surface area (Å²) in [7, 11) is 1.95. The first-order chi connectivity index (χ1) is 6.09. The van der Waals surface area contributed by atoms with Crippen LogP contribution in [-0.2, 0) is 6.54 Å². The summed E-state index contributed by atoms with van der Waals surface area (Å²) >= 11 is 1.54. The molecule has 13 heavy (non-hydrogen) atoms. The minimum Gasteiger partial charge on any atom is -0.390 e. The zero-order valence-electron chi connectivity index (χ0n) is 7.76. The van der Waals surface area contributed by atoms with E-state index in [2.05, 4.69) is 0 Å². The maximum atomic E-state index is 11.6. The van der Waals surface area contributed by atoms with Crippen LogP contribution in [0.5, 0.6) is 0 Å². The lowest BCUT2D eigenvalue weighted by atomic mass is 10.0. The van der Waals surface area contributed by atoms with Crippen LogP contribution in [0.2, 0.25) is 0 Å². The summed E-state index contributed by atoms with van der Waals surface area (Å²) in [5, 5.41) is 0.786. The largest absolute Gasteiger partial charge is 0.390 e. The lowest BCUT2D eigenvalue weighted by Crippen LogP contribution is -2.31. The van der Waals surface area contributed by atoms with E-state index in [0.29, 0.717) is 6.54 Å². The Morgan fingerprint density at radius 3 is 2.85 bits per heavy atom. The first-order valence-electron chi connectivity index (χ1n) is 4.19. The van der Waals surface area contributed by atoms with Crippen LogP contribution in [-0.4, -0.2) is 24.3 Å². The molecule has 1 aromatic heterocycles. The zero-order chi connectivity index (χ0) is 9.59. The Labute approximate surface area is 81.2 Å². The molecule has 0 atom stereocenters. The molecule has 0 unspecified atom stereocenters. The first-order valence-corrected chi connectivity index (χ1v) is 5.00. The third kappa shape index (κ3) is 1.26. The monoisotopic (exact) mass is 196 g/mol. The van der Waals surface area contributed by atoms with Gasteiger partial charge in [0.05, 0.1) is 11.5 Å². The molecule has 1 aliphatic heterocycles. The fourth-order valence-corrected chi connectivity index (χ4v) is 2.87. The highest BCUT2D eigenvalue weighted by atomic mass is 32.1. The van der Waals surface area contributed by atoms with Gasteiger partial charge in [0.15, 0.2) is 5.78 Å². The molecule has 0 amide bonds. The molecule has 0 bridgehead atoms. The van der Waals surface area contributed by atoms with E-state index in [1.807, 2.05) is 18.9 Å². The second-order valence-electron chi connectivity index (χ2n) is 3.48. The second-order valence-corrected chi connectivity index (χ2v) is 4.62. The molecule has 0 aromatic carbocycles. The van der Waals surface area contributed by atoms with Gasteiger partial charge in [-0.2, -0.15) is 0 Å². The van der Waals surface area contributed by atoms with Gasteiger partial charge < -0.3 is 5.73 Å². The molecule has 0 saturated carbocycles. The molecule has 3 nitrogen and oxygen atoms in total. The summed E-state index contributed by atoms with van der Waals surface area (Å²) in [6.07, 6.45) is 0. The van der Waals surface area contributed by atoms with Crippen molar-refractivity contribution in [2.24, 2.45) is 0 Å². The molecule has 4 heteroatoms. The van der Waals surface area contributed by atoms with Crippen molar-refractivity contribution in [3.63, 3.8) is 0 Å². The van der Waals surface area contributed by atoms with Crippen molar-refractivity contribution in [1.29, 1.82) is 0 Å². The molecule has 0 saturated heterocycles. The van der Waals surface area contributed by atoms with Crippen molar-refractivity contribution in [3.05, 3.63) is 16.0 Å².